The molecular weight excluding hydrogens is 302 g/mol. The summed E-state index contributed by atoms with van der Waals surface area (Å²) < 4.78 is 0. The number of pyridine rings is 1. The van der Waals surface area contributed by atoms with Crippen molar-refractivity contribution in [2.75, 3.05) is 26.2 Å². The lowest BCUT2D eigenvalue weighted by Gasteiger charge is -2.22. The van der Waals surface area contributed by atoms with E-state index < -0.39 is 0 Å². The van der Waals surface area contributed by atoms with E-state index in [0.717, 1.165) is 28.6 Å². The molecule has 0 bridgehead atoms. The monoisotopic (exact) mass is 325 g/mol. The second kappa shape index (κ2) is 6.59. The number of carbonyl (C=O) groups excluding carboxylic acids is 2. The summed E-state index contributed by atoms with van der Waals surface area (Å²) in [5, 5.41) is 0.990. The van der Waals surface area contributed by atoms with Gasteiger partial charge >= 0.3 is 0 Å². The Hall–Kier alpha value is -2.43. The molecule has 0 unspecified atom stereocenters. The number of carbonyl (C=O) groups is 2. The van der Waals surface area contributed by atoms with Gasteiger partial charge in [0.1, 0.15) is 0 Å². The second-order valence-corrected chi connectivity index (χ2v) is 6.47. The Kier molecular flexibility index (Phi) is 4.51. The van der Waals surface area contributed by atoms with E-state index in [0.29, 0.717) is 31.7 Å². The van der Waals surface area contributed by atoms with Crippen molar-refractivity contribution in [3.8, 4) is 0 Å². The average molecular weight is 325 g/mol. The molecule has 126 valence electrons. The van der Waals surface area contributed by atoms with Gasteiger partial charge in [0.05, 0.1) is 16.8 Å². The maximum absolute atomic E-state index is 13.0. The number of amides is 2. The standard InChI is InChI=1S/C19H23N3O2/c1-13-5-6-18-16(11-13)12-17(14(2)20-18)19(24)22-8-4-7-21(9-10-22)15(3)23/h5-6,11-12H,4,7-10H2,1-3H3. The number of aromatic nitrogens is 1. The molecule has 1 saturated heterocycles. The van der Waals surface area contributed by atoms with Crippen molar-refractivity contribution >= 4 is 22.7 Å². The molecule has 5 nitrogen and oxygen atoms in total. The highest BCUT2D eigenvalue weighted by Gasteiger charge is 2.23. The summed E-state index contributed by atoms with van der Waals surface area (Å²) in [6.45, 7) is 8.06. The molecule has 1 aromatic heterocycles. The van der Waals surface area contributed by atoms with Gasteiger partial charge in [-0.15, -0.1) is 0 Å². The molecule has 0 spiro atoms. The zero-order valence-electron chi connectivity index (χ0n) is 14.5. The molecular formula is C19H23N3O2. The van der Waals surface area contributed by atoms with Crippen molar-refractivity contribution in [3.05, 3.63) is 41.1 Å². The van der Waals surface area contributed by atoms with Crippen LogP contribution in [0.2, 0.25) is 0 Å². The van der Waals surface area contributed by atoms with Gasteiger partial charge in [0, 0.05) is 38.5 Å². The Bertz CT molecular complexity index is 801. The Balaban J connectivity index is 1.88. The van der Waals surface area contributed by atoms with Crippen molar-refractivity contribution in [1.82, 2.24) is 14.8 Å². The molecule has 1 fully saturated rings. The van der Waals surface area contributed by atoms with E-state index in [4.69, 9.17) is 0 Å². The summed E-state index contributed by atoms with van der Waals surface area (Å²) in [6.07, 6.45) is 0.810. The average Bonchev–Trinajstić information content (AvgIpc) is 2.80. The van der Waals surface area contributed by atoms with Crippen molar-refractivity contribution < 1.29 is 9.59 Å². The van der Waals surface area contributed by atoms with Crippen molar-refractivity contribution in [2.45, 2.75) is 27.2 Å². The Labute approximate surface area is 142 Å². The molecule has 0 aliphatic carbocycles. The summed E-state index contributed by atoms with van der Waals surface area (Å²) in [5.74, 6) is 0.0807. The number of hydrogen-bond acceptors (Lipinski definition) is 3. The third-order valence-electron chi connectivity index (χ3n) is 4.62. The predicted molar refractivity (Wildman–Crippen MR) is 94.0 cm³/mol. The molecule has 0 atom stereocenters. The van der Waals surface area contributed by atoms with E-state index in [2.05, 4.69) is 11.1 Å². The third kappa shape index (κ3) is 3.25. The highest BCUT2D eigenvalue weighted by molar-refractivity contribution is 5.98. The van der Waals surface area contributed by atoms with Gasteiger partial charge in [-0.25, -0.2) is 0 Å². The minimum Gasteiger partial charge on any atom is -0.341 e. The van der Waals surface area contributed by atoms with E-state index in [1.54, 1.807) is 6.92 Å². The minimum atomic E-state index is 0.00816. The number of fused-ring (bicyclic) bond motifs is 1. The number of benzene rings is 1. The van der Waals surface area contributed by atoms with Crippen molar-refractivity contribution in [2.24, 2.45) is 0 Å². The Morgan fingerprint density at radius 1 is 1.00 bits per heavy atom. The normalized spacial score (nSPS) is 15.5. The van der Waals surface area contributed by atoms with Gasteiger partial charge < -0.3 is 9.80 Å². The van der Waals surface area contributed by atoms with Crippen LogP contribution in [0.4, 0.5) is 0 Å². The number of rotatable bonds is 1. The lowest BCUT2D eigenvalue weighted by atomic mass is 10.1. The third-order valence-corrected chi connectivity index (χ3v) is 4.62. The number of hydrogen-bond donors (Lipinski definition) is 0. The number of aryl methyl sites for hydroxylation is 2. The van der Waals surface area contributed by atoms with Gasteiger partial charge in [-0.3, -0.25) is 14.6 Å². The first-order valence-corrected chi connectivity index (χ1v) is 8.38. The molecule has 24 heavy (non-hydrogen) atoms. The maximum Gasteiger partial charge on any atom is 0.255 e. The lowest BCUT2D eigenvalue weighted by molar-refractivity contribution is -0.128. The molecule has 2 amide bonds. The highest BCUT2D eigenvalue weighted by atomic mass is 16.2. The predicted octanol–water partition coefficient (Wildman–Crippen LogP) is 2.55. The fourth-order valence-corrected chi connectivity index (χ4v) is 3.21. The molecule has 1 aromatic carbocycles. The lowest BCUT2D eigenvalue weighted by Crippen LogP contribution is -2.36. The fourth-order valence-electron chi connectivity index (χ4n) is 3.21. The highest BCUT2D eigenvalue weighted by Crippen LogP contribution is 2.20. The van der Waals surface area contributed by atoms with Crippen molar-refractivity contribution in [1.29, 1.82) is 0 Å². The molecule has 3 rings (SSSR count). The van der Waals surface area contributed by atoms with Crippen LogP contribution < -0.4 is 0 Å². The smallest absolute Gasteiger partial charge is 0.255 e. The van der Waals surface area contributed by atoms with Crippen LogP contribution in [0.15, 0.2) is 24.3 Å². The zero-order chi connectivity index (χ0) is 17.3. The molecule has 0 radical (unpaired) electrons. The van der Waals surface area contributed by atoms with Crippen LogP contribution in [0.25, 0.3) is 10.9 Å². The summed E-state index contributed by atoms with van der Waals surface area (Å²) >= 11 is 0. The van der Waals surface area contributed by atoms with E-state index in [-0.39, 0.29) is 11.8 Å². The van der Waals surface area contributed by atoms with Crippen LogP contribution in [0.3, 0.4) is 0 Å². The maximum atomic E-state index is 13.0. The van der Waals surface area contributed by atoms with Crippen LogP contribution >= 0.6 is 0 Å². The number of nitrogens with zero attached hydrogens (tertiary/aromatic N) is 3. The van der Waals surface area contributed by atoms with E-state index in [9.17, 15) is 9.59 Å². The van der Waals surface area contributed by atoms with Crippen molar-refractivity contribution in [3.63, 3.8) is 0 Å². The molecule has 5 heteroatoms. The summed E-state index contributed by atoms with van der Waals surface area (Å²) in [6, 6.07) is 8.02. The molecule has 0 saturated carbocycles. The van der Waals surface area contributed by atoms with E-state index in [1.165, 1.54) is 0 Å². The topological polar surface area (TPSA) is 53.5 Å². The van der Waals surface area contributed by atoms with E-state index >= 15 is 0 Å². The largest absolute Gasteiger partial charge is 0.341 e. The Morgan fingerprint density at radius 3 is 2.46 bits per heavy atom. The SMILES string of the molecule is CC(=O)N1CCCN(C(=O)c2cc3cc(C)ccc3nc2C)CC1. The second-order valence-electron chi connectivity index (χ2n) is 6.47. The summed E-state index contributed by atoms with van der Waals surface area (Å²) in [7, 11) is 0. The van der Waals surface area contributed by atoms with E-state index in [1.807, 2.05) is 41.8 Å². The van der Waals surface area contributed by atoms with Crippen LogP contribution in [-0.4, -0.2) is 52.8 Å². The van der Waals surface area contributed by atoms with Gasteiger partial charge in [0.2, 0.25) is 5.91 Å². The van der Waals surface area contributed by atoms with Crippen LogP contribution in [-0.2, 0) is 4.79 Å². The van der Waals surface area contributed by atoms with Crippen LogP contribution in [0, 0.1) is 13.8 Å². The summed E-state index contributed by atoms with van der Waals surface area (Å²) in [4.78, 5) is 32.7. The Morgan fingerprint density at radius 2 is 1.71 bits per heavy atom. The van der Waals surface area contributed by atoms with Crippen LogP contribution in [0.5, 0.6) is 0 Å². The van der Waals surface area contributed by atoms with Gasteiger partial charge in [-0.05, 0) is 38.5 Å². The summed E-state index contributed by atoms with van der Waals surface area (Å²) in [5.41, 5.74) is 3.47. The molecule has 1 aliphatic rings. The first-order chi connectivity index (χ1) is 11.5. The molecule has 1 aliphatic heterocycles. The van der Waals surface area contributed by atoms with Gasteiger partial charge in [0.25, 0.3) is 5.91 Å². The molecule has 2 aromatic rings. The van der Waals surface area contributed by atoms with Crippen LogP contribution in [0.1, 0.15) is 35.0 Å². The quantitative estimate of drug-likeness (QED) is 0.810. The van der Waals surface area contributed by atoms with Gasteiger partial charge in [-0.1, -0.05) is 11.6 Å². The minimum absolute atomic E-state index is 0.00816. The van der Waals surface area contributed by atoms with Gasteiger partial charge in [-0.2, -0.15) is 0 Å². The zero-order valence-corrected chi connectivity index (χ0v) is 14.5. The molecule has 0 N–H and O–H groups in total. The first-order valence-electron chi connectivity index (χ1n) is 8.38. The first kappa shape index (κ1) is 16.4. The fraction of sp³-hybridized carbons (Fsp3) is 0.421. The van der Waals surface area contributed by atoms with Gasteiger partial charge in [0.15, 0.2) is 0 Å². The molecule has 2 heterocycles.